The number of hydrogen-bond donors (Lipinski definition) is 0. The molecule has 1 heterocycles. The molecule has 168 valence electrons. The van der Waals surface area contributed by atoms with Crippen LogP contribution >= 0.6 is 23.2 Å². The Hall–Kier alpha value is -2.37. The Morgan fingerprint density at radius 1 is 1.23 bits per heavy atom. The summed E-state index contributed by atoms with van der Waals surface area (Å²) in [5, 5.41) is 14.2. The van der Waals surface area contributed by atoms with Crippen LogP contribution in [0.15, 0.2) is 38.1 Å². The van der Waals surface area contributed by atoms with Crippen molar-refractivity contribution < 1.29 is 39.5 Å². The number of nitriles is 1. The van der Waals surface area contributed by atoms with Crippen molar-refractivity contribution in [3.8, 4) is 6.07 Å². The Labute approximate surface area is 180 Å². The summed E-state index contributed by atoms with van der Waals surface area (Å²) in [5.74, 6) is -1.18. The van der Waals surface area contributed by atoms with Crippen LogP contribution in [0.25, 0.3) is 0 Å². The van der Waals surface area contributed by atoms with E-state index in [4.69, 9.17) is 23.2 Å². The summed E-state index contributed by atoms with van der Waals surface area (Å²) in [4.78, 5) is 1.55. The van der Waals surface area contributed by atoms with E-state index < -0.39 is 59.0 Å². The molecule has 1 aromatic rings. The molecule has 0 aromatic heterocycles. The third-order valence-electron chi connectivity index (χ3n) is 3.71. The van der Waals surface area contributed by atoms with Gasteiger partial charge in [-0.15, -0.1) is 5.11 Å². The third-order valence-corrected chi connectivity index (χ3v) is 5.93. The van der Waals surface area contributed by atoms with Crippen molar-refractivity contribution in [2.24, 2.45) is 15.2 Å². The van der Waals surface area contributed by atoms with Crippen LogP contribution in [0.2, 0.25) is 10.0 Å². The van der Waals surface area contributed by atoms with Gasteiger partial charge in [-0.3, -0.25) is 0 Å². The predicted octanol–water partition coefficient (Wildman–Crippen LogP) is 5.37. The van der Waals surface area contributed by atoms with Gasteiger partial charge in [0.25, 0.3) is 9.84 Å². The second-order valence-corrected chi connectivity index (χ2v) is 8.32. The zero-order valence-electron chi connectivity index (χ0n) is 14.9. The molecule has 16 heteroatoms. The predicted molar refractivity (Wildman–Crippen MR) is 95.7 cm³/mol. The van der Waals surface area contributed by atoms with Gasteiger partial charge in [0.05, 0.1) is 12.2 Å². The minimum Gasteiger partial charge on any atom is -0.483 e. The van der Waals surface area contributed by atoms with Gasteiger partial charge >= 0.3 is 11.7 Å². The number of azo groups is 1. The molecule has 0 spiro atoms. The summed E-state index contributed by atoms with van der Waals surface area (Å²) in [6.45, 7) is 1.47. The van der Waals surface area contributed by atoms with Crippen LogP contribution in [0.5, 0.6) is 0 Å². The Bertz CT molecular complexity index is 1120. The normalized spacial score (nSPS) is 19.9. The zero-order valence-corrected chi connectivity index (χ0v) is 17.2. The van der Waals surface area contributed by atoms with Crippen molar-refractivity contribution in [3.63, 3.8) is 0 Å². The minimum atomic E-state index is -6.34. The molecule has 0 radical (unpaired) electrons. The maximum Gasteiger partial charge on any atom is 0.501 e. The first-order valence-electron chi connectivity index (χ1n) is 7.74. The van der Waals surface area contributed by atoms with Crippen LogP contribution in [0, 0.1) is 11.3 Å². The van der Waals surface area contributed by atoms with Gasteiger partial charge in [0, 0.05) is 15.6 Å². The molecule has 1 aliphatic heterocycles. The summed E-state index contributed by atoms with van der Waals surface area (Å²) in [7, 11) is -6.34. The lowest BCUT2D eigenvalue weighted by molar-refractivity contribution is -0.137. The summed E-state index contributed by atoms with van der Waals surface area (Å²) in [6.07, 6.45) is -4.39. The van der Waals surface area contributed by atoms with Gasteiger partial charge in [-0.2, -0.15) is 41.7 Å². The number of rotatable bonds is 5. The van der Waals surface area contributed by atoms with Gasteiger partial charge < -0.3 is 4.74 Å². The molecule has 0 bridgehead atoms. The fraction of sp³-hybridized carbons (Fsp3) is 0.333. The molecule has 0 saturated heterocycles. The van der Waals surface area contributed by atoms with Crippen molar-refractivity contribution in [1.29, 1.82) is 5.26 Å². The molecule has 2 rings (SSSR count). The van der Waals surface area contributed by atoms with E-state index in [2.05, 4.69) is 20.0 Å². The number of halogens is 8. The number of alkyl halides is 6. The standard InChI is InChI=1S/C15H8Cl2F6N4O3S/c1-2-30-6-25-12-11(31(28,29)15(21,22)23)13(5-24,27-26-12)10-8(16)3-7(4-9(10)17)14(18,19)20/h3-4,6H,2H2,1H3. The summed E-state index contributed by atoms with van der Waals surface area (Å²) < 4.78 is 108. The van der Waals surface area contributed by atoms with Gasteiger partial charge in [-0.25, -0.2) is 8.42 Å². The van der Waals surface area contributed by atoms with E-state index in [0.29, 0.717) is 6.40 Å². The molecular weight excluding hydrogens is 501 g/mol. The summed E-state index contributed by atoms with van der Waals surface area (Å²) >= 11 is 11.6. The van der Waals surface area contributed by atoms with Gasteiger partial charge in [-0.1, -0.05) is 23.2 Å². The highest BCUT2D eigenvalue weighted by atomic mass is 35.5. The van der Waals surface area contributed by atoms with E-state index in [1.54, 1.807) is 0 Å². The first kappa shape index (κ1) is 24.9. The van der Waals surface area contributed by atoms with Crippen molar-refractivity contribution in [2.45, 2.75) is 24.1 Å². The van der Waals surface area contributed by atoms with E-state index in [0.717, 1.165) is 0 Å². The molecule has 1 aromatic carbocycles. The quantitative estimate of drug-likeness (QED) is 0.303. The topological polar surface area (TPSA) is 104 Å². The van der Waals surface area contributed by atoms with Crippen molar-refractivity contribution in [1.82, 2.24) is 0 Å². The van der Waals surface area contributed by atoms with Crippen molar-refractivity contribution in [3.05, 3.63) is 44.0 Å². The van der Waals surface area contributed by atoms with E-state index in [-0.39, 0.29) is 18.7 Å². The third kappa shape index (κ3) is 4.35. The van der Waals surface area contributed by atoms with E-state index in [1.165, 1.54) is 13.0 Å². The molecule has 1 atom stereocenters. The Morgan fingerprint density at radius 2 is 1.77 bits per heavy atom. The maximum atomic E-state index is 13.4. The monoisotopic (exact) mass is 508 g/mol. The Morgan fingerprint density at radius 3 is 2.19 bits per heavy atom. The summed E-state index contributed by atoms with van der Waals surface area (Å²) in [5.41, 5.74) is -11.4. The maximum absolute atomic E-state index is 13.4. The number of aliphatic imine (C=N–C) groups is 1. The SMILES string of the molecule is CCOC=NC1=C(S(=O)(=O)C(F)(F)F)C(C#N)(c2c(Cl)cc(C(F)(F)F)cc2Cl)N=N1. The first-order valence-corrected chi connectivity index (χ1v) is 9.98. The zero-order chi connectivity index (χ0) is 23.8. The molecule has 31 heavy (non-hydrogen) atoms. The molecule has 0 amide bonds. The van der Waals surface area contributed by atoms with Crippen molar-refractivity contribution >= 4 is 39.4 Å². The second-order valence-electron chi connectivity index (χ2n) is 5.63. The lowest BCUT2D eigenvalue weighted by atomic mass is 9.91. The minimum absolute atomic E-state index is 0.00473. The van der Waals surface area contributed by atoms with Crippen LogP contribution in [0.4, 0.5) is 26.3 Å². The second kappa shape index (κ2) is 8.29. The fourth-order valence-electron chi connectivity index (χ4n) is 2.43. The summed E-state index contributed by atoms with van der Waals surface area (Å²) in [6, 6.07) is 1.74. The molecule has 0 fully saturated rings. The Kier molecular flexibility index (Phi) is 6.65. The van der Waals surface area contributed by atoms with Crippen LogP contribution in [-0.4, -0.2) is 26.9 Å². The smallest absolute Gasteiger partial charge is 0.483 e. The lowest BCUT2D eigenvalue weighted by Crippen LogP contribution is -2.35. The average Bonchev–Trinajstić information content (AvgIpc) is 2.99. The fourth-order valence-corrected chi connectivity index (χ4v) is 4.33. The molecule has 0 saturated carbocycles. The average molecular weight is 509 g/mol. The highest BCUT2D eigenvalue weighted by Gasteiger charge is 2.61. The van der Waals surface area contributed by atoms with E-state index in [1.807, 2.05) is 0 Å². The number of hydrogen-bond acceptors (Lipinski definition) is 7. The van der Waals surface area contributed by atoms with Crippen LogP contribution in [0.3, 0.4) is 0 Å². The molecule has 1 unspecified atom stereocenters. The molecular formula is C15H8Cl2F6N4O3S. The molecule has 0 N–H and O–H groups in total. The largest absolute Gasteiger partial charge is 0.501 e. The highest BCUT2D eigenvalue weighted by molar-refractivity contribution is 7.96. The number of sulfone groups is 1. The first-order chi connectivity index (χ1) is 14.1. The van der Waals surface area contributed by atoms with Gasteiger partial charge in [-0.05, 0) is 19.1 Å². The van der Waals surface area contributed by atoms with Crippen molar-refractivity contribution in [2.75, 3.05) is 6.61 Å². The molecule has 1 aliphatic rings. The molecule has 7 nitrogen and oxygen atoms in total. The van der Waals surface area contributed by atoms with Crippen LogP contribution in [-0.2, 0) is 26.3 Å². The van der Waals surface area contributed by atoms with Gasteiger partial charge in [0.2, 0.25) is 5.54 Å². The van der Waals surface area contributed by atoms with Crippen LogP contribution < -0.4 is 0 Å². The number of ether oxygens (including phenoxy) is 1. The Balaban J connectivity index is 2.93. The number of benzene rings is 1. The van der Waals surface area contributed by atoms with Gasteiger partial charge in [0.15, 0.2) is 12.2 Å². The highest BCUT2D eigenvalue weighted by Crippen LogP contribution is 2.52. The van der Waals surface area contributed by atoms with E-state index in [9.17, 15) is 40.0 Å². The van der Waals surface area contributed by atoms with E-state index >= 15 is 0 Å². The molecule has 0 aliphatic carbocycles. The number of nitrogens with zero attached hydrogens (tertiary/aromatic N) is 4. The van der Waals surface area contributed by atoms with Crippen LogP contribution in [0.1, 0.15) is 18.1 Å². The van der Waals surface area contributed by atoms with Gasteiger partial charge in [0.1, 0.15) is 11.0 Å². The lowest BCUT2D eigenvalue weighted by Gasteiger charge is -2.24.